The quantitative estimate of drug-likeness (QED) is 0.423. The van der Waals surface area contributed by atoms with E-state index in [-0.39, 0.29) is 0 Å². The number of hydrogen-bond donors (Lipinski definition) is 2. The zero-order valence-electron chi connectivity index (χ0n) is 18.3. The number of aromatic nitrogens is 3. The highest BCUT2D eigenvalue weighted by molar-refractivity contribution is 5.96. The zero-order valence-corrected chi connectivity index (χ0v) is 18.3. The average Bonchev–Trinajstić information content (AvgIpc) is 3.47. The van der Waals surface area contributed by atoms with E-state index in [2.05, 4.69) is 87.6 Å². The van der Waals surface area contributed by atoms with Gasteiger partial charge in [-0.15, -0.1) is 0 Å². The standard InChI is InChI=1S/C27H27N5/c1-31-10-12-32(13-11-31)18-19-2-4-20(5-3-19)25-17-30-27-24(25)15-23(16-29-27)21-6-7-26-22(14-21)8-9-28-26/h2-9,14-17,28H,10-13,18H2,1H3,(H,29,30). The van der Waals surface area contributed by atoms with Crippen molar-refractivity contribution >= 4 is 21.9 Å². The van der Waals surface area contributed by atoms with Gasteiger partial charge in [-0.25, -0.2) is 4.98 Å². The number of piperazine rings is 1. The van der Waals surface area contributed by atoms with Crippen molar-refractivity contribution in [2.75, 3.05) is 33.2 Å². The summed E-state index contributed by atoms with van der Waals surface area (Å²) in [5.41, 5.74) is 8.18. The Morgan fingerprint density at radius 3 is 2.50 bits per heavy atom. The number of fused-ring (bicyclic) bond motifs is 2. The van der Waals surface area contributed by atoms with Gasteiger partial charge in [0.25, 0.3) is 0 Å². The number of nitrogens with zero attached hydrogens (tertiary/aromatic N) is 3. The summed E-state index contributed by atoms with van der Waals surface area (Å²) < 4.78 is 0. The average molecular weight is 422 g/mol. The lowest BCUT2D eigenvalue weighted by molar-refractivity contribution is 0.148. The van der Waals surface area contributed by atoms with Crippen LogP contribution in [0, 0.1) is 0 Å². The van der Waals surface area contributed by atoms with Crippen LogP contribution in [0.3, 0.4) is 0 Å². The number of aromatic amines is 2. The fraction of sp³-hybridized carbons (Fsp3) is 0.222. The molecule has 1 fully saturated rings. The number of likely N-dealkylation sites (N-methyl/N-ethyl adjacent to an activating group) is 1. The first-order valence-electron chi connectivity index (χ1n) is 11.3. The molecule has 3 aromatic heterocycles. The van der Waals surface area contributed by atoms with Gasteiger partial charge in [0.1, 0.15) is 5.65 Å². The number of benzene rings is 2. The third-order valence-corrected chi connectivity index (χ3v) is 6.68. The Morgan fingerprint density at radius 2 is 1.66 bits per heavy atom. The minimum absolute atomic E-state index is 0.924. The van der Waals surface area contributed by atoms with E-state index in [0.29, 0.717) is 0 Å². The van der Waals surface area contributed by atoms with Crippen LogP contribution < -0.4 is 0 Å². The topological polar surface area (TPSA) is 50.9 Å². The largest absolute Gasteiger partial charge is 0.361 e. The highest BCUT2D eigenvalue weighted by atomic mass is 15.2. The molecule has 0 aliphatic carbocycles. The van der Waals surface area contributed by atoms with Gasteiger partial charge in [0.05, 0.1) is 0 Å². The predicted molar refractivity (Wildman–Crippen MR) is 132 cm³/mol. The molecular weight excluding hydrogens is 394 g/mol. The maximum absolute atomic E-state index is 4.70. The van der Waals surface area contributed by atoms with Crippen LogP contribution in [-0.4, -0.2) is 58.0 Å². The van der Waals surface area contributed by atoms with Gasteiger partial charge in [0.2, 0.25) is 0 Å². The van der Waals surface area contributed by atoms with E-state index in [1.54, 1.807) is 0 Å². The van der Waals surface area contributed by atoms with Crippen LogP contribution in [-0.2, 0) is 6.54 Å². The molecule has 5 nitrogen and oxygen atoms in total. The first-order valence-corrected chi connectivity index (χ1v) is 11.3. The van der Waals surface area contributed by atoms with Crippen LogP contribution in [0.15, 0.2) is 73.2 Å². The summed E-state index contributed by atoms with van der Waals surface area (Å²) >= 11 is 0. The van der Waals surface area contributed by atoms with Gasteiger partial charge < -0.3 is 14.9 Å². The summed E-state index contributed by atoms with van der Waals surface area (Å²) in [5, 5.41) is 2.37. The molecule has 6 rings (SSSR count). The van der Waals surface area contributed by atoms with Gasteiger partial charge in [-0.2, -0.15) is 0 Å². The van der Waals surface area contributed by atoms with Crippen LogP contribution in [0.4, 0.5) is 0 Å². The molecular formula is C27H27N5. The van der Waals surface area contributed by atoms with Gasteiger partial charge in [0, 0.05) is 73.3 Å². The SMILES string of the molecule is CN1CCN(Cc2ccc(-c3c[nH]c4ncc(-c5ccc6[nH]ccc6c5)cc34)cc2)CC1. The zero-order chi connectivity index (χ0) is 21.5. The molecule has 2 N–H and O–H groups in total. The number of hydrogen-bond acceptors (Lipinski definition) is 3. The molecule has 4 heterocycles. The van der Waals surface area contributed by atoms with E-state index in [4.69, 9.17) is 4.98 Å². The Kier molecular flexibility index (Phi) is 4.78. The molecule has 0 atom stereocenters. The molecule has 1 aliphatic heterocycles. The van der Waals surface area contributed by atoms with Crippen molar-refractivity contribution < 1.29 is 0 Å². The highest BCUT2D eigenvalue weighted by Crippen LogP contribution is 2.32. The normalized spacial score (nSPS) is 15.7. The van der Waals surface area contributed by atoms with Gasteiger partial charge in [-0.05, 0) is 53.4 Å². The Hall–Kier alpha value is -3.41. The van der Waals surface area contributed by atoms with Crippen LogP contribution in [0.2, 0.25) is 0 Å². The molecule has 0 spiro atoms. The van der Waals surface area contributed by atoms with Crippen LogP contribution in [0.25, 0.3) is 44.2 Å². The molecule has 5 heteroatoms. The van der Waals surface area contributed by atoms with E-state index in [9.17, 15) is 0 Å². The van der Waals surface area contributed by atoms with Crippen LogP contribution >= 0.6 is 0 Å². The summed E-state index contributed by atoms with van der Waals surface area (Å²) in [4.78, 5) is 16.2. The Balaban J connectivity index is 1.28. The molecule has 0 radical (unpaired) electrons. The minimum atomic E-state index is 0.924. The molecule has 0 unspecified atom stereocenters. The number of nitrogens with one attached hydrogen (secondary N) is 2. The second-order valence-electron chi connectivity index (χ2n) is 8.88. The number of rotatable bonds is 4. The predicted octanol–water partition coefficient (Wildman–Crippen LogP) is 5.13. The lowest BCUT2D eigenvalue weighted by Gasteiger charge is -2.32. The summed E-state index contributed by atoms with van der Waals surface area (Å²) in [7, 11) is 2.20. The van der Waals surface area contributed by atoms with Crippen molar-refractivity contribution in [2.24, 2.45) is 0 Å². The molecule has 0 bridgehead atoms. The van der Waals surface area contributed by atoms with Crippen molar-refractivity contribution in [3.8, 4) is 22.3 Å². The Bertz CT molecular complexity index is 1370. The van der Waals surface area contributed by atoms with Gasteiger partial charge in [0.15, 0.2) is 0 Å². The van der Waals surface area contributed by atoms with Crippen molar-refractivity contribution in [3.63, 3.8) is 0 Å². The minimum Gasteiger partial charge on any atom is -0.361 e. The summed E-state index contributed by atoms with van der Waals surface area (Å²) in [6, 6.07) is 19.9. The first-order chi connectivity index (χ1) is 15.7. The van der Waals surface area contributed by atoms with E-state index in [1.165, 1.54) is 27.6 Å². The molecule has 1 saturated heterocycles. The van der Waals surface area contributed by atoms with Crippen molar-refractivity contribution in [3.05, 3.63) is 78.8 Å². The van der Waals surface area contributed by atoms with E-state index in [0.717, 1.165) is 54.8 Å². The maximum Gasteiger partial charge on any atom is 0.137 e. The van der Waals surface area contributed by atoms with Crippen LogP contribution in [0.5, 0.6) is 0 Å². The second-order valence-corrected chi connectivity index (χ2v) is 8.88. The smallest absolute Gasteiger partial charge is 0.137 e. The number of H-pyrrole nitrogens is 2. The third kappa shape index (κ3) is 3.60. The summed E-state index contributed by atoms with van der Waals surface area (Å²) in [5.74, 6) is 0. The monoisotopic (exact) mass is 421 g/mol. The maximum atomic E-state index is 4.70. The Morgan fingerprint density at radius 1 is 0.844 bits per heavy atom. The van der Waals surface area contributed by atoms with E-state index >= 15 is 0 Å². The number of pyridine rings is 1. The molecule has 0 amide bonds. The third-order valence-electron chi connectivity index (χ3n) is 6.68. The Labute approximate surface area is 187 Å². The first kappa shape index (κ1) is 19.3. The van der Waals surface area contributed by atoms with Crippen molar-refractivity contribution in [2.45, 2.75) is 6.54 Å². The molecule has 160 valence electrons. The van der Waals surface area contributed by atoms with Crippen molar-refractivity contribution in [1.29, 1.82) is 0 Å². The molecule has 2 aromatic carbocycles. The van der Waals surface area contributed by atoms with Crippen LogP contribution in [0.1, 0.15) is 5.56 Å². The lowest BCUT2D eigenvalue weighted by Crippen LogP contribution is -2.43. The molecule has 0 saturated carbocycles. The lowest BCUT2D eigenvalue weighted by atomic mass is 10.0. The summed E-state index contributed by atoms with van der Waals surface area (Å²) in [6.07, 6.45) is 6.01. The summed E-state index contributed by atoms with van der Waals surface area (Å²) in [6.45, 7) is 5.61. The van der Waals surface area contributed by atoms with Gasteiger partial charge in [-0.1, -0.05) is 30.3 Å². The van der Waals surface area contributed by atoms with Crippen molar-refractivity contribution in [1.82, 2.24) is 24.8 Å². The highest BCUT2D eigenvalue weighted by Gasteiger charge is 2.14. The molecule has 5 aromatic rings. The van der Waals surface area contributed by atoms with E-state index < -0.39 is 0 Å². The molecule has 1 aliphatic rings. The van der Waals surface area contributed by atoms with Gasteiger partial charge >= 0.3 is 0 Å². The molecule has 32 heavy (non-hydrogen) atoms. The fourth-order valence-electron chi connectivity index (χ4n) is 4.69. The van der Waals surface area contributed by atoms with Gasteiger partial charge in [-0.3, -0.25) is 4.90 Å². The fourth-order valence-corrected chi connectivity index (χ4v) is 4.69. The van der Waals surface area contributed by atoms with E-state index in [1.807, 2.05) is 12.4 Å². The second kappa shape index (κ2) is 7.93.